The van der Waals surface area contributed by atoms with E-state index in [2.05, 4.69) is 4.40 Å². The van der Waals surface area contributed by atoms with Crippen molar-refractivity contribution >= 4 is 43.6 Å². The smallest absolute Gasteiger partial charge is 0.330 e. The van der Waals surface area contributed by atoms with Crippen molar-refractivity contribution < 1.29 is 27.4 Å². The molecule has 1 atom stereocenters. The van der Waals surface area contributed by atoms with Crippen LogP contribution in [0.5, 0.6) is 11.5 Å². The number of methoxy groups -OCH3 is 2. The Bertz CT molecular complexity index is 1970. The maximum Gasteiger partial charge on any atom is 0.330 e. The predicted octanol–water partition coefficient (Wildman–Crippen LogP) is 5.96. The third kappa shape index (κ3) is 5.03. The molecule has 0 amide bonds. The second kappa shape index (κ2) is 10.8. The van der Waals surface area contributed by atoms with E-state index in [1.54, 1.807) is 25.3 Å². The number of ether oxygens (including phenoxy) is 3. The molecule has 0 aromatic heterocycles. The minimum Gasteiger partial charge on any atom is -0.496 e. The highest BCUT2D eigenvalue weighted by Gasteiger charge is 2.46. The second-order valence-corrected chi connectivity index (χ2v) is 11.6. The van der Waals surface area contributed by atoms with Crippen LogP contribution in [0, 0.1) is 6.92 Å². The van der Waals surface area contributed by atoms with Crippen molar-refractivity contribution in [1.29, 1.82) is 0 Å². The molecule has 9 heteroatoms. The van der Waals surface area contributed by atoms with Gasteiger partial charge in [0.1, 0.15) is 17.5 Å². The molecule has 0 saturated carbocycles. The molecule has 42 heavy (non-hydrogen) atoms. The lowest BCUT2D eigenvalue weighted by Crippen LogP contribution is -2.26. The van der Waals surface area contributed by atoms with Crippen molar-refractivity contribution in [3.63, 3.8) is 0 Å². The van der Waals surface area contributed by atoms with Gasteiger partial charge in [-0.2, -0.15) is 8.42 Å². The number of rotatable bonds is 6. The third-order valence-corrected chi connectivity index (χ3v) is 8.57. The number of nitrogens with zero attached hydrogens (tertiary/aromatic N) is 2. The zero-order chi connectivity index (χ0) is 29.4. The van der Waals surface area contributed by atoms with Crippen LogP contribution in [0.4, 0.5) is 0 Å². The molecule has 0 N–H and O–H groups in total. The van der Waals surface area contributed by atoms with Crippen LogP contribution >= 0.6 is 0 Å². The zero-order valence-electron chi connectivity index (χ0n) is 23.3. The first-order chi connectivity index (χ1) is 20.3. The average Bonchev–Trinajstić information content (AvgIpc) is 3.81. The molecule has 1 aliphatic heterocycles. The van der Waals surface area contributed by atoms with Crippen LogP contribution in [0.15, 0.2) is 106 Å². The van der Waals surface area contributed by atoms with Gasteiger partial charge in [-0.15, -0.1) is 4.40 Å². The number of fused-ring (bicyclic) bond motifs is 2. The highest BCUT2D eigenvalue weighted by Crippen LogP contribution is 2.45. The van der Waals surface area contributed by atoms with Crippen molar-refractivity contribution in [2.75, 3.05) is 20.8 Å². The molecule has 6 rings (SSSR count). The number of hydrogen-bond donors (Lipinski definition) is 0. The summed E-state index contributed by atoms with van der Waals surface area (Å²) in [5, 5.41) is 3.77. The fourth-order valence-electron chi connectivity index (χ4n) is 5.06. The summed E-state index contributed by atoms with van der Waals surface area (Å²) in [6.07, 6.45) is 0. The Hall–Kier alpha value is -4.89. The van der Waals surface area contributed by atoms with Gasteiger partial charge >= 0.3 is 12.0 Å². The van der Waals surface area contributed by atoms with Crippen molar-refractivity contribution in [3.05, 3.63) is 103 Å². The average molecular weight is 581 g/mol. The summed E-state index contributed by atoms with van der Waals surface area (Å²) in [7, 11) is -1.29. The van der Waals surface area contributed by atoms with E-state index in [4.69, 9.17) is 14.2 Å². The van der Waals surface area contributed by atoms with E-state index in [1.807, 2.05) is 73.7 Å². The Morgan fingerprint density at radius 1 is 0.786 bits per heavy atom. The van der Waals surface area contributed by atoms with Gasteiger partial charge in [0.05, 0.1) is 25.7 Å². The Labute approximate surface area is 243 Å². The van der Waals surface area contributed by atoms with Crippen LogP contribution in [0.25, 0.3) is 32.7 Å². The van der Waals surface area contributed by atoms with Gasteiger partial charge in [0.25, 0.3) is 10.0 Å². The monoisotopic (exact) mass is 580 g/mol. The molecule has 0 radical (unpaired) electrons. The van der Waals surface area contributed by atoms with E-state index in [0.717, 1.165) is 32.7 Å². The molecule has 1 aliphatic rings. The molecule has 0 spiro atoms. The minimum atomic E-state index is -4.18. The number of carbonyl (C=O) groups is 1. The van der Waals surface area contributed by atoms with Crippen molar-refractivity contribution in [3.8, 4) is 22.6 Å². The van der Waals surface area contributed by atoms with Crippen molar-refractivity contribution in [2.45, 2.75) is 17.9 Å². The highest BCUT2D eigenvalue weighted by molar-refractivity contribution is 7.90. The lowest BCUT2D eigenvalue weighted by Gasteiger charge is -2.19. The van der Waals surface area contributed by atoms with E-state index < -0.39 is 22.0 Å². The molecule has 5 aromatic carbocycles. The quantitative estimate of drug-likeness (QED) is 0.106. The summed E-state index contributed by atoms with van der Waals surface area (Å²) in [5.74, 6) is 0.477. The summed E-state index contributed by atoms with van der Waals surface area (Å²) in [6, 6.07) is 28.8. The molecule has 0 bridgehead atoms. The van der Waals surface area contributed by atoms with E-state index >= 15 is 0 Å². The standard InChI is InChI=1S/C33H28N2O6S/c1-21-12-16-24(17-13-21)42(37,38)34-33(35-20-27(35)32(36)40-3)41-29-19-15-23-9-5-7-11-26(23)31(29)30-25-10-6-4-8-22(25)14-18-28(30)39-2/h4-19,27H,20H2,1-3H3. The molecule has 8 nitrogen and oxygen atoms in total. The van der Waals surface area contributed by atoms with E-state index in [9.17, 15) is 13.2 Å². The Balaban J connectivity index is 1.56. The van der Waals surface area contributed by atoms with Crippen LogP contribution in [0.1, 0.15) is 5.56 Å². The summed E-state index contributed by atoms with van der Waals surface area (Å²) in [6.45, 7) is 2.07. The third-order valence-electron chi connectivity index (χ3n) is 7.30. The summed E-state index contributed by atoms with van der Waals surface area (Å²) >= 11 is 0. The number of hydrogen-bond acceptors (Lipinski definition) is 6. The summed E-state index contributed by atoms with van der Waals surface area (Å²) in [4.78, 5) is 13.9. The highest BCUT2D eigenvalue weighted by atomic mass is 32.2. The molecular formula is C33H28N2O6S. The number of carbonyl (C=O) groups excluding carboxylic acids is 1. The fourth-order valence-corrected chi connectivity index (χ4v) is 5.99. The van der Waals surface area contributed by atoms with Gasteiger partial charge in [0.15, 0.2) is 0 Å². The Morgan fingerprint density at radius 2 is 1.36 bits per heavy atom. The maximum atomic E-state index is 13.4. The van der Waals surface area contributed by atoms with Gasteiger partial charge in [-0.1, -0.05) is 78.4 Å². The first-order valence-electron chi connectivity index (χ1n) is 13.3. The van der Waals surface area contributed by atoms with Gasteiger partial charge in [-0.25, -0.2) is 4.79 Å². The number of sulfonamides is 1. The van der Waals surface area contributed by atoms with Crippen LogP contribution in [0.3, 0.4) is 0 Å². The molecular weight excluding hydrogens is 552 g/mol. The maximum absolute atomic E-state index is 13.4. The molecule has 212 valence electrons. The summed E-state index contributed by atoms with van der Waals surface area (Å²) in [5.41, 5.74) is 2.41. The van der Waals surface area contributed by atoms with Crippen LogP contribution in [-0.4, -0.2) is 52.1 Å². The molecule has 1 saturated heterocycles. The summed E-state index contributed by atoms with van der Waals surface area (Å²) < 4.78 is 48.1. The van der Waals surface area contributed by atoms with Gasteiger partial charge in [0, 0.05) is 11.1 Å². The normalized spacial score (nSPS) is 15.1. The molecule has 0 aliphatic carbocycles. The van der Waals surface area contributed by atoms with Gasteiger partial charge in [0.2, 0.25) is 0 Å². The molecule has 1 fully saturated rings. The lowest BCUT2D eigenvalue weighted by atomic mass is 9.92. The Kier molecular flexibility index (Phi) is 7.04. The number of amidine groups is 1. The SMILES string of the molecule is COC(=O)C1CN1C(=NS(=O)(=O)c1ccc(C)cc1)Oc1ccc2ccccc2c1-c1c(OC)ccc2ccccc12. The van der Waals surface area contributed by atoms with E-state index in [0.29, 0.717) is 17.1 Å². The van der Waals surface area contributed by atoms with Crippen molar-refractivity contribution in [1.82, 2.24) is 4.90 Å². The van der Waals surface area contributed by atoms with Gasteiger partial charge in [-0.05, 0) is 52.7 Å². The van der Waals surface area contributed by atoms with E-state index in [-0.39, 0.29) is 17.5 Å². The lowest BCUT2D eigenvalue weighted by molar-refractivity contribution is -0.140. The Morgan fingerprint density at radius 3 is 1.95 bits per heavy atom. The van der Waals surface area contributed by atoms with Gasteiger partial charge < -0.3 is 19.1 Å². The first-order valence-corrected chi connectivity index (χ1v) is 14.8. The molecule has 5 aromatic rings. The first kappa shape index (κ1) is 27.3. The van der Waals surface area contributed by atoms with Gasteiger partial charge in [-0.3, -0.25) is 0 Å². The molecule has 1 heterocycles. The van der Waals surface area contributed by atoms with E-state index in [1.165, 1.54) is 24.1 Å². The van der Waals surface area contributed by atoms with Crippen LogP contribution < -0.4 is 9.47 Å². The fraction of sp³-hybridized carbons (Fsp3) is 0.152. The predicted molar refractivity (Wildman–Crippen MR) is 162 cm³/mol. The van der Waals surface area contributed by atoms with Crippen LogP contribution in [-0.2, 0) is 19.6 Å². The second-order valence-electron chi connectivity index (χ2n) is 9.98. The van der Waals surface area contributed by atoms with Crippen LogP contribution in [0.2, 0.25) is 0 Å². The number of aryl methyl sites for hydroxylation is 1. The topological polar surface area (TPSA) is 94.3 Å². The van der Waals surface area contributed by atoms with Crippen molar-refractivity contribution in [2.24, 2.45) is 4.40 Å². The minimum absolute atomic E-state index is 0.0140. The molecule has 1 unspecified atom stereocenters. The number of benzene rings is 5. The number of esters is 1. The zero-order valence-corrected chi connectivity index (χ0v) is 24.1. The largest absolute Gasteiger partial charge is 0.496 e.